The van der Waals surface area contributed by atoms with Crippen LogP contribution in [0.25, 0.3) is 11.1 Å². The van der Waals surface area contributed by atoms with Gasteiger partial charge in [0.05, 0.1) is 11.9 Å². The summed E-state index contributed by atoms with van der Waals surface area (Å²) in [6, 6.07) is 3.52. The predicted molar refractivity (Wildman–Crippen MR) is 168 cm³/mol. The molecular formula is C31H45FN8O3Si. The smallest absolute Gasteiger partial charge is 0.271 e. The number of amides is 2. The molecule has 2 aliphatic rings. The Morgan fingerprint density at radius 3 is 2.41 bits per heavy atom. The molecule has 0 bridgehead atoms. The van der Waals surface area contributed by atoms with E-state index in [2.05, 4.69) is 50.7 Å². The van der Waals surface area contributed by atoms with E-state index in [4.69, 9.17) is 4.74 Å². The van der Waals surface area contributed by atoms with Gasteiger partial charge in [-0.15, -0.1) is 5.10 Å². The quantitative estimate of drug-likeness (QED) is 0.138. The second kappa shape index (κ2) is 13.3. The molecule has 0 spiro atoms. The van der Waals surface area contributed by atoms with Gasteiger partial charge >= 0.3 is 0 Å². The van der Waals surface area contributed by atoms with Gasteiger partial charge in [0, 0.05) is 38.0 Å². The number of aromatic nitrogens is 6. The van der Waals surface area contributed by atoms with Crippen molar-refractivity contribution in [1.82, 2.24) is 35.1 Å². The third kappa shape index (κ3) is 7.43. The summed E-state index contributed by atoms with van der Waals surface area (Å²) in [5, 5.41) is 18.2. The van der Waals surface area contributed by atoms with Crippen LogP contribution in [0.1, 0.15) is 61.4 Å². The molecule has 0 aromatic carbocycles. The van der Waals surface area contributed by atoms with E-state index in [0.717, 1.165) is 37.4 Å². The number of nitrogens with zero attached hydrogens (tertiary/aromatic N) is 6. The van der Waals surface area contributed by atoms with Gasteiger partial charge in [-0.25, -0.2) is 14.3 Å². The van der Waals surface area contributed by atoms with Crippen LogP contribution in [0.2, 0.25) is 25.7 Å². The summed E-state index contributed by atoms with van der Waals surface area (Å²) in [7, 11) is -1.21. The second-order valence-corrected chi connectivity index (χ2v) is 18.9. The molecule has 2 fully saturated rings. The summed E-state index contributed by atoms with van der Waals surface area (Å²) in [5.41, 5.74) is 2.87. The van der Waals surface area contributed by atoms with Crippen LogP contribution >= 0.6 is 0 Å². The van der Waals surface area contributed by atoms with Gasteiger partial charge < -0.3 is 15.4 Å². The second-order valence-electron chi connectivity index (χ2n) is 13.3. The highest BCUT2D eigenvalue weighted by molar-refractivity contribution is 6.76. The molecule has 2 amide bonds. The van der Waals surface area contributed by atoms with E-state index >= 15 is 4.39 Å². The predicted octanol–water partition coefficient (Wildman–Crippen LogP) is 5.05. The van der Waals surface area contributed by atoms with Gasteiger partial charge in [0.15, 0.2) is 0 Å². The SMILES string of the molecule is CCc1c(-c2ccc(NC(=O)[C@@H](NC(=O)c3cnnn3CC)C(C3CC3)C3CC3)nc2F)c(C)nn1COCC[Si](C)(C)C. The molecule has 3 aromatic heterocycles. The zero-order chi connectivity index (χ0) is 31.6. The van der Waals surface area contributed by atoms with Crippen molar-refractivity contribution in [3.8, 4) is 11.1 Å². The lowest BCUT2D eigenvalue weighted by Crippen LogP contribution is -2.50. The molecular weight excluding hydrogens is 579 g/mol. The number of hydrogen-bond acceptors (Lipinski definition) is 7. The summed E-state index contributed by atoms with van der Waals surface area (Å²) in [4.78, 5) is 31.1. The van der Waals surface area contributed by atoms with Gasteiger partial charge in [0.25, 0.3) is 5.91 Å². The molecule has 1 atom stereocenters. The fourth-order valence-electron chi connectivity index (χ4n) is 5.98. The van der Waals surface area contributed by atoms with Gasteiger partial charge in [-0.05, 0) is 81.9 Å². The minimum Gasteiger partial charge on any atom is -0.360 e. The van der Waals surface area contributed by atoms with Crippen LogP contribution in [0.15, 0.2) is 18.3 Å². The highest BCUT2D eigenvalue weighted by Gasteiger charge is 2.48. The van der Waals surface area contributed by atoms with Crippen molar-refractivity contribution in [2.75, 3.05) is 11.9 Å². The van der Waals surface area contributed by atoms with Gasteiger partial charge in [-0.3, -0.25) is 9.59 Å². The average Bonchev–Trinajstić information content (AvgIpc) is 3.91. The minimum absolute atomic E-state index is 0.0163. The van der Waals surface area contributed by atoms with E-state index in [-0.39, 0.29) is 11.7 Å². The first-order chi connectivity index (χ1) is 21.0. The van der Waals surface area contributed by atoms with E-state index in [1.165, 1.54) is 10.9 Å². The largest absolute Gasteiger partial charge is 0.360 e. The molecule has 44 heavy (non-hydrogen) atoms. The number of halogens is 1. The van der Waals surface area contributed by atoms with E-state index in [9.17, 15) is 9.59 Å². The van der Waals surface area contributed by atoms with Crippen LogP contribution in [-0.4, -0.2) is 62.3 Å². The Labute approximate surface area is 259 Å². The number of nitrogens with one attached hydrogen (secondary N) is 2. The van der Waals surface area contributed by atoms with Crippen LogP contribution in [0.3, 0.4) is 0 Å². The van der Waals surface area contributed by atoms with Gasteiger partial charge in [0.2, 0.25) is 11.9 Å². The molecule has 2 N–H and O–H groups in total. The summed E-state index contributed by atoms with van der Waals surface area (Å²) in [5.74, 6) is -0.619. The van der Waals surface area contributed by atoms with Crippen molar-refractivity contribution in [2.24, 2.45) is 17.8 Å². The first-order valence-corrected chi connectivity index (χ1v) is 19.5. The fourth-order valence-corrected chi connectivity index (χ4v) is 6.74. The number of carbonyl (C=O) groups is 2. The maximum absolute atomic E-state index is 15.6. The molecule has 3 aromatic rings. The lowest BCUT2D eigenvalue weighted by molar-refractivity contribution is -0.119. The molecule has 0 saturated heterocycles. The minimum atomic E-state index is -1.21. The van der Waals surface area contributed by atoms with Gasteiger partial charge in [-0.1, -0.05) is 31.8 Å². The van der Waals surface area contributed by atoms with Crippen molar-refractivity contribution >= 4 is 25.7 Å². The summed E-state index contributed by atoms with van der Waals surface area (Å²) in [6.07, 6.45) is 6.18. The number of aryl methyl sites for hydroxylation is 2. The average molecular weight is 625 g/mol. The Balaban J connectivity index is 1.33. The maximum Gasteiger partial charge on any atom is 0.271 e. The van der Waals surface area contributed by atoms with Crippen molar-refractivity contribution in [2.45, 2.75) is 97.9 Å². The number of rotatable bonds is 15. The molecule has 0 aliphatic heterocycles. The lowest BCUT2D eigenvalue weighted by atomic mass is 9.88. The summed E-state index contributed by atoms with van der Waals surface area (Å²) >= 11 is 0. The molecule has 13 heteroatoms. The van der Waals surface area contributed by atoms with Crippen LogP contribution in [0, 0.1) is 30.6 Å². The number of carbonyl (C=O) groups excluding carboxylic acids is 2. The standard InChI is InChI=1S/C31H45FN8O3Si/c1-7-23-26(19(3)37-40(23)18-43-15-16-44(4,5)6)22-13-14-25(34-29(22)32)35-31(42)28(27(20-9-10-20)21-11-12-21)36-30(41)24-17-33-38-39(24)8-2/h13-14,17,20-21,27-28H,7-12,15-16,18H2,1-6H3,(H,36,41)(H,34,35,42)/t28-/m0/s1. The molecule has 238 valence electrons. The third-order valence-electron chi connectivity index (χ3n) is 8.58. The maximum atomic E-state index is 15.6. The molecule has 5 rings (SSSR count). The number of pyridine rings is 1. The van der Waals surface area contributed by atoms with Crippen LogP contribution in [0.5, 0.6) is 0 Å². The number of ether oxygens (including phenoxy) is 1. The fraction of sp³-hybridized carbons (Fsp3) is 0.613. The number of hydrogen-bond donors (Lipinski definition) is 2. The lowest BCUT2D eigenvalue weighted by Gasteiger charge is -2.27. The molecule has 3 heterocycles. The summed E-state index contributed by atoms with van der Waals surface area (Å²) < 4.78 is 24.9. The Hall–Kier alpha value is -3.45. The Morgan fingerprint density at radius 2 is 1.82 bits per heavy atom. The molecule has 0 radical (unpaired) electrons. The molecule has 11 nitrogen and oxygen atoms in total. The van der Waals surface area contributed by atoms with Crippen LogP contribution in [0.4, 0.5) is 10.2 Å². The van der Waals surface area contributed by atoms with Crippen molar-refractivity contribution in [3.63, 3.8) is 0 Å². The topological polar surface area (TPSA) is 129 Å². The van der Waals surface area contributed by atoms with Crippen LogP contribution in [-0.2, 0) is 29.2 Å². The molecule has 2 aliphatic carbocycles. The monoisotopic (exact) mass is 624 g/mol. The first kappa shape index (κ1) is 32.0. The summed E-state index contributed by atoms with van der Waals surface area (Å²) in [6.45, 7) is 14.1. The zero-order valence-corrected chi connectivity index (χ0v) is 27.7. The molecule has 2 saturated carbocycles. The van der Waals surface area contributed by atoms with Crippen molar-refractivity contribution < 1.29 is 18.7 Å². The van der Waals surface area contributed by atoms with E-state index in [1.807, 2.05) is 20.8 Å². The van der Waals surface area contributed by atoms with Crippen molar-refractivity contribution in [1.29, 1.82) is 0 Å². The Kier molecular flexibility index (Phi) is 9.64. The first-order valence-electron chi connectivity index (χ1n) is 15.8. The van der Waals surface area contributed by atoms with E-state index < -0.39 is 31.9 Å². The normalized spacial score (nSPS) is 15.9. The third-order valence-corrected chi connectivity index (χ3v) is 10.3. The van der Waals surface area contributed by atoms with Gasteiger partial charge in [-0.2, -0.15) is 9.49 Å². The van der Waals surface area contributed by atoms with Crippen LogP contribution < -0.4 is 10.6 Å². The highest BCUT2D eigenvalue weighted by atomic mass is 28.3. The van der Waals surface area contributed by atoms with Crippen molar-refractivity contribution in [3.05, 3.63) is 41.4 Å². The Morgan fingerprint density at radius 1 is 1.11 bits per heavy atom. The number of anilines is 1. The molecule has 0 unspecified atom stereocenters. The zero-order valence-electron chi connectivity index (χ0n) is 26.7. The highest BCUT2D eigenvalue weighted by Crippen LogP contribution is 2.51. The van der Waals surface area contributed by atoms with E-state index in [1.54, 1.807) is 16.8 Å². The Bertz CT molecular complexity index is 1480. The van der Waals surface area contributed by atoms with E-state index in [0.29, 0.717) is 60.7 Å². The van der Waals surface area contributed by atoms with Gasteiger partial charge in [0.1, 0.15) is 24.3 Å².